The third kappa shape index (κ3) is 5.42. The molecule has 0 unspecified atom stereocenters. The fraction of sp³-hybridized carbons (Fsp3) is 1.00. The van der Waals surface area contributed by atoms with Gasteiger partial charge in [0.25, 0.3) is 0 Å². The maximum atomic E-state index is 4.58. The average molecular weight is 240 g/mol. The van der Waals surface area contributed by atoms with E-state index in [0.29, 0.717) is 0 Å². The lowest BCUT2D eigenvalue weighted by Crippen LogP contribution is -2.44. The van der Waals surface area contributed by atoms with Gasteiger partial charge >= 0.3 is 0 Å². The van der Waals surface area contributed by atoms with Crippen LogP contribution in [0.4, 0.5) is 0 Å². The minimum atomic E-state index is -0.681. The highest BCUT2D eigenvalue weighted by Gasteiger charge is 2.15. The van der Waals surface area contributed by atoms with Crippen molar-refractivity contribution in [3.05, 3.63) is 0 Å². The predicted octanol–water partition coefficient (Wildman–Crippen LogP) is 1.75. The molecule has 0 aliphatic carbocycles. The first-order chi connectivity index (χ1) is 5.97. The van der Waals surface area contributed by atoms with Crippen LogP contribution in [0.15, 0.2) is 0 Å². The molecule has 1 rings (SSSR count). The number of hydrogen-bond acceptors (Lipinski definition) is 4. The zero-order valence-corrected chi connectivity index (χ0v) is 11.2. The maximum absolute atomic E-state index is 4.58. The molecule has 2 nitrogen and oxygen atoms in total. The molecule has 1 aliphatic heterocycles. The Hall–Kier alpha value is 0.970. The van der Waals surface area contributed by atoms with Gasteiger partial charge in [0.2, 0.25) is 0 Å². The van der Waals surface area contributed by atoms with Gasteiger partial charge in [0.15, 0.2) is 0 Å². The Morgan fingerprint density at radius 2 is 1.77 bits per heavy atom. The van der Waals surface area contributed by atoms with Crippen LogP contribution in [0.3, 0.4) is 0 Å². The SMILES string of the molecule is CN1CCN(CSS(C)(C)S)CC1. The first kappa shape index (κ1) is 12.0. The topological polar surface area (TPSA) is 6.48 Å². The van der Waals surface area contributed by atoms with Gasteiger partial charge in [-0.05, 0) is 19.6 Å². The molecule has 0 bridgehead atoms. The smallest absolute Gasteiger partial charge is 0.0541 e. The van der Waals surface area contributed by atoms with E-state index in [1.165, 1.54) is 26.2 Å². The van der Waals surface area contributed by atoms with Crippen molar-refractivity contribution in [1.29, 1.82) is 0 Å². The molecule has 0 aromatic carbocycles. The quantitative estimate of drug-likeness (QED) is 0.593. The first-order valence-corrected chi connectivity index (χ1v) is 9.49. The molecule has 1 fully saturated rings. The van der Waals surface area contributed by atoms with Gasteiger partial charge in [0.1, 0.15) is 0 Å². The monoisotopic (exact) mass is 240 g/mol. The van der Waals surface area contributed by atoms with Crippen molar-refractivity contribution in [2.24, 2.45) is 0 Å². The van der Waals surface area contributed by atoms with Crippen LogP contribution in [0.2, 0.25) is 0 Å². The van der Waals surface area contributed by atoms with Crippen molar-refractivity contribution < 1.29 is 0 Å². The second kappa shape index (κ2) is 5.16. The van der Waals surface area contributed by atoms with Crippen molar-refractivity contribution in [2.75, 3.05) is 51.6 Å². The predicted molar refractivity (Wildman–Crippen MR) is 70.0 cm³/mol. The van der Waals surface area contributed by atoms with Crippen LogP contribution in [0.1, 0.15) is 0 Å². The molecule has 0 aromatic rings. The summed E-state index contributed by atoms with van der Waals surface area (Å²) in [6.07, 6.45) is 4.47. The highest BCUT2D eigenvalue weighted by Crippen LogP contribution is 2.57. The van der Waals surface area contributed by atoms with Crippen molar-refractivity contribution in [2.45, 2.75) is 0 Å². The van der Waals surface area contributed by atoms with Crippen LogP contribution in [-0.4, -0.2) is 61.4 Å². The van der Waals surface area contributed by atoms with Gasteiger partial charge in [-0.3, -0.25) is 4.90 Å². The summed E-state index contributed by atoms with van der Waals surface area (Å²) in [7, 11) is 3.51. The molecule has 0 amide bonds. The zero-order valence-electron chi connectivity index (χ0n) is 8.69. The van der Waals surface area contributed by atoms with Gasteiger partial charge < -0.3 is 4.90 Å². The van der Waals surface area contributed by atoms with Crippen LogP contribution < -0.4 is 0 Å². The van der Waals surface area contributed by atoms with Crippen molar-refractivity contribution >= 4 is 30.5 Å². The second-order valence-electron chi connectivity index (χ2n) is 3.85. The highest BCUT2D eigenvalue weighted by atomic mass is 33.5. The molecule has 0 atom stereocenters. The fourth-order valence-electron chi connectivity index (χ4n) is 1.18. The van der Waals surface area contributed by atoms with Crippen LogP contribution >= 0.6 is 30.5 Å². The summed E-state index contributed by atoms with van der Waals surface area (Å²) >= 11 is 4.58. The van der Waals surface area contributed by atoms with Crippen LogP contribution in [0.5, 0.6) is 0 Å². The summed E-state index contributed by atoms with van der Waals surface area (Å²) in [5.41, 5.74) is 0. The van der Waals surface area contributed by atoms with E-state index in [1.807, 2.05) is 10.8 Å². The lowest BCUT2D eigenvalue weighted by atomic mass is 10.4. The summed E-state index contributed by atoms with van der Waals surface area (Å²) in [4.78, 5) is 4.91. The van der Waals surface area contributed by atoms with E-state index >= 15 is 0 Å². The number of hydrogen-bond donors (Lipinski definition) is 1. The molecule has 0 radical (unpaired) electrons. The zero-order chi connectivity index (χ0) is 9.90. The first-order valence-electron chi connectivity index (χ1n) is 4.48. The maximum Gasteiger partial charge on any atom is 0.0541 e. The van der Waals surface area contributed by atoms with E-state index < -0.39 is 8.09 Å². The summed E-state index contributed by atoms with van der Waals surface area (Å²) in [6, 6.07) is 0. The Labute approximate surface area is 91.9 Å². The second-order valence-corrected chi connectivity index (χ2v) is 13.4. The number of thiol groups is 1. The lowest BCUT2D eigenvalue weighted by Gasteiger charge is -2.34. The standard InChI is InChI=1S/C8H20N2S3/c1-9-4-6-10(7-5-9)8-12-13(2,3)11/h11H,4-8H2,1-3H3. The minimum Gasteiger partial charge on any atom is -0.304 e. The van der Waals surface area contributed by atoms with E-state index in [1.54, 1.807) is 0 Å². The van der Waals surface area contributed by atoms with Gasteiger partial charge in [0.05, 0.1) is 5.88 Å². The van der Waals surface area contributed by atoms with Gasteiger partial charge in [-0.15, -0.1) is 11.7 Å². The summed E-state index contributed by atoms with van der Waals surface area (Å²) < 4.78 is 0. The van der Waals surface area contributed by atoms with Crippen LogP contribution in [-0.2, 0) is 0 Å². The van der Waals surface area contributed by atoms with Gasteiger partial charge in [0, 0.05) is 26.2 Å². The van der Waals surface area contributed by atoms with Crippen molar-refractivity contribution in [3.63, 3.8) is 0 Å². The summed E-state index contributed by atoms with van der Waals surface area (Å²) in [5, 5.41) is 0. The van der Waals surface area contributed by atoms with Gasteiger partial charge in [-0.2, -0.15) is 8.09 Å². The molecular formula is C8H20N2S3. The minimum absolute atomic E-state index is 0.681. The molecule has 0 saturated carbocycles. The summed E-state index contributed by atoms with van der Waals surface area (Å²) in [5.74, 6) is 1.15. The van der Waals surface area contributed by atoms with E-state index in [2.05, 4.69) is 41.0 Å². The van der Waals surface area contributed by atoms with E-state index in [-0.39, 0.29) is 0 Å². The van der Waals surface area contributed by atoms with Crippen molar-refractivity contribution in [1.82, 2.24) is 9.80 Å². The molecule has 0 spiro atoms. The van der Waals surface area contributed by atoms with Crippen LogP contribution in [0, 0.1) is 0 Å². The Morgan fingerprint density at radius 3 is 2.23 bits per heavy atom. The Kier molecular flexibility index (Phi) is 4.78. The number of likely N-dealkylation sites (N-methyl/N-ethyl adjacent to an activating group) is 1. The third-order valence-electron chi connectivity index (χ3n) is 2.12. The Balaban J connectivity index is 2.16. The van der Waals surface area contributed by atoms with Gasteiger partial charge in [-0.25, -0.2) is 0 Å². The molecule has 1 heterocycles. The number of rotatable bonds is 3. The number of piperazine rings is 1. The molecule has 80 valence electrons. The summed E-state index contributed by atoms with van der Waals surface area (Å²) in [6.45, 7) is 4.85. The molecule has 0 N–H and O–H groups in total. The van der Waals surface area contributed by atoms with Crippen LogP contribution in [0.25, 0.3) is 0 Å². The molecule has 1 aliphatic rings. The normalized spacial score (nSPS) is 23.4. The number of nitrogens with zero attached hydrogens (tertiary/aromatic N) is 2. The van der Waals surface area contributed by atoms with E-state index in [0.717, 1.165) is 5.88 Å². The third-order valence-corrected chi connectivity index (χ3v) is 6.16. The van der Waals surface area contributed by atoms with E-state index in [9.17, 15) is 0 Å². The average Bonchev–Trinajstić information content (AvgIpc) is 2.02. The molecule has 0 aromatic heterocycles. The Morgan fingerprint density at radius 1 is 1.23 bits per heavy atom. The molecule has 1 saturated heterocycles. The molecular weight excluding hydrogens is 220 g/mol. The molecule has 5 heteroatoms. The largest absolute Gasteiger partial charge is 0.304 e. The lowest BCUT2D eigenvalue weighted by molar-refractivity contribution is 0.175. The van der Waals surface area contributed by atoms with Gasteiger partial charge in [-0.1, -0.05) is 10.8 Å². The fourth-order valence-corrected chi connectivity index (χ4v) is 3.49. The molecule has 13 heavy (non-hydrogen) atoms. The van der Waals surface area contributed by atoms with E-state index in [4.69, 9.17) is 0 Å². The highest BCUT2D eigenvalue weighted by molar-refractivity contribution is 9.21. The van der Waals surface area contributed by atoms with Crippen molar-refractivity contribution in [3.8, 4) is 0 Å². The Bertz CT molecular complexity index is 150.